The van der Waals surface area contributed by atoms with Crippen molar-refractivity contribution in [1.82, 2.24) is 9.21 Å². The van der Waals surface area contributed by atoms with Crippen molar-refractivity contribution in [3.05, 3.63) is 23.2 Å². The van der Waals surface area contributed by atoms with E-state index < -0.39 is 10.0 Å². The molecule has 0 heterocycles. The second-order valence-corrected chi connectivity index (χ2v) is 9.00. The van der Waals surface area contributed by atoms with Gasteiger partial charge >= 0.3 is 0 Å². The average molecular weight is 417 g/mol. The van der Waals surface area contributed by atoms with E-state index >= 15 is 0 Å². The second-order valence-electron chi connectivity index (χ2n) is 6.70. The lowest BCUT2D eigenvalue weighted by molar-refractivity contribution is -0.131. The van der Waals surface area contributed by atoms with Gasteiger partial charge in [-0.15, -0.1) is 0 Å². The Bertz CT molecular complexity index is 744. The maximum atomic E-state index is 13.4. The lowest BCUT2D eigenvalue weighted by Crippen LogP contribution is -2.48. The van der Waals surface area contributed by atoms with E-state index in [1.54, 1.807) is 11.0 Å². The quantitative estimate of drug-likeness (QED) is 0.650. The fourth-order valence-corrected chi connectivity index (χ4v) is 5.52. The lowest BCUT2D eigenvalue weighted by Gasteiger charge is -2.34. The first-order valence-electron chi connectivity index (χ1n) is 9.48. The number of methoxy groups -OCH3 is 1. The molecule has 27 heavy (non-hydrogen) atoms. The Balaban J connectivity index is 2.38. The largest absolute Gasteiger partial charge is 0.495 e. The van der Waals surface area contributed by atoms with Crippen molar-refractivity contribution in [2.75, 3.05) is 26.7 Å². The third kappa shape index (κ3) is 5.15. The number of benzene rings is 1. The molecule has 1 aromatic carbocycles. The summed E-state index contributed by atoms with van der Waals surface area (Å²) in [5.41, 5.74) is 0. The Morgan fingerprint density at radius 1 is 1.19 bits per heavy atom. The number of sulfonamides is 1. The highest BCUT2D eigenvalue weighted by Crippen LogP contribution is 2.31. The first kappa shape index (κ1) is 22.0. The van der Waals surface area contributed by atoms with Crippen LogP contribution in [0, 0.1) is 0 Å². The normalized spacial score (nSPS) is 15.7. The molecule has 0 bridgehead atoms. The van der Waals surface area contributed by atoms with E-state index in [0.29, 0.717) is 18.8 Å². The molecule has 0 N–H and O–H groups in total. The zero-order valence-corrected chi connectivity index (χ0v) is 17.9. The van der Waals surface area contributed by atoms with E-state index in [2.05, 4.69) is 0 Å². The SMILES string of the molecule is CCN(CC)C(=O)CN(C1CCCCC1)S(=O)(=O)c1ccc(OC)c(Cl)c1. The molecule has 1 aromatic rings. The van der Waals surface area contributed by atoms with Gasteiger partial charge in [0.15, 0.2) is 0 Å². The number of carbonyl (C=O) groups is 1. The minimum Gasteiger partial charge on any atom is -0.495 e. The molecular formula is C19H29ClN2O4S. The van der Waals surface area contributed by atoms with E-state index in [0.717, 1.165) is 32.1 Å². The smallest absolute Gasteiger partial charge is 0.243 e. The number of hydrogen-bond acceptors (Lipinski definition) is 4. The highest BCUT2D eigenvalue weighted by atomic mass is 35.5. The molecule has 8 heteroatoms. The minimum absolute atomic E-state index is 0.0891. The van der Waals surface area contributed by atoms with Gasteiger partial charge in [0.25, 0.3) is 0 Å². The number of amides is 1. The van der Waals surface area contributed by atoms with E-state index in [9.17, 15) is 13.2 Å². The van der Waals surface area contributed by atoms with E-state index in [4.69, 9.17) is 16.3 Å². The van der Waals surface area contributed by atoms with E-state index in [1.807, 2.05) is 13.8 Å². The van der Waals surface area contributed by atoms with Gasteiger partial charge in [-0.1, -0.05) is 30.9 Å². The fourth-order valence-electron chi connectivity index (χ4n) is 3.53. The van der Waals surface area contributed by atoms with Crippen LogP contribution in [0.5, 0.6) is 5.75 Å². The molecule has 1 saturated carbocycles. The molecule has 1 amide bonds. The summed E-state index contributed by atoms with van der Waals surface area (Å²) < 4.78 is 33.2. The van der Waals surface area contributed by atoms with Crippen LogP contribution in [-0.4, -0.2) is 56.3 Å². The van der Waals surface area contributed by atoms with Gasteiger partial charge < -0.3 is 9.64 Å². The molecule has 0 unspecified atom stereocenters. The Kier molecular flexibility index (Phi) is 7.94. The summed E-state index contributed by atoms with van der Waals surface area (Å²) in [6.45, 7) is 4.76. The summed E-state index contributed by atoms with van der Waals surface area (Å²) in [5.74, 6) is 0.243. The lowest BCUT2D eigenvalue weighted by atomic mass is 9.95. The van der Waals surface area contributed by atoms with Crippen molar-refractivity contribution in [2.24, 2.45) is 0 Å². The van der Waals surface area contributed by atoms with Crippen molar-refractivity contribution >= 4 is 27.5 Å². The van der Waals surface area contributed by atoms with Crippen LogP contribution in [0.25, 0.3) is 0 Å². The van der Waals surface area contributed by atoms with E-state index in [1.165, 1.54) is 23.5 Å². The molecule has 152 valence electrons. The van der Waals surface area contributed by atoms with Crippen molar-refractivity contribution in [3.63, 3.8) is 0 Å². The summed E-state index contributed by atoms with van der Waals surface area (Å²) in [6.07, 6.45) is 4.59. The Labute approximate surface area is 167 Å². The van der Waals surface area contributed by atoms with Crippen molar-refractivity contribution in [3.8, 4) is 5.75 Å². The summed E-state index contributed by atoms with van der Waals surface area (Å²) in [6, 6.07) is 4.26. The second kappa shape index (κ2) is 9.75. The molecule has 0 aliphatic heterocycles. The van der Waals surface area contributed by atoms with Crippen molar-refractivity contribution in [1.29, 1.82) is 0 Å². The number of ether oxygens (including phenoxy) is 1. The summed E-state index contributed by atoms with van der Waals surface area (Å²) in [7, 11) is -2.37. The number of halogens is 1. The van der Waals surface area contributed by atoms with Gasteiger partial charge in [0.2, 0.25) is 15.9 Å². The van der Waals surface area contributed by atoms with Crippen LogP contribution in [0.15, 0.2) is 23.1 Å². The van der Waals surface area contributed by atoms with Crippen LogP contribution in [0.2, 0.25) is 5.02 Å². The maximum absolute atomic E-state index is 13.4. The summed E-state index contributed by atoms with van der Waals surface area (Å²) >= 11 is 6.14. The first-order valence-corrected chi connectivity index (χ1v) is 11.3. The molecule has 0 saturated heterocycles. The monoisotopic (exact) mass is 416 g/mol. The highest BCUT2D eigenvalue weighted by molar-refractivity contribution is 7.89. The van der Waals surface area contributed by atoms with Crippen LogP contribution in [0.1, 0.15) is 46.0 Å². The Hall–Kier alpha value is -1.31. The molecule has 0 spiro atoms. The number of likely N-dealkylation sites (N-methyl/N-ethyl adjacent to an activating group) is 1. The Morgan fingerprint density at radius 3 is 2.33 bits per heavy atom. The third-order valence-electron chi connectivity index (χ3n) is 5.12. The van der Waals surface area contributed by atoms with Crippen LogP contribution in [-0.2, 0) is 14.8 Å². The topological polar surface area (TPSA) is 66.9 Å². The standard InChI is InChI=1S/C19H29ClN2O4S/c1-4-21(5-2)19(23)14-22(15-9-7-6-8-10-15)27(24,25)16-11-12-18(26-3)17(20)13-16/h11-13,15H,4-10,14H2,1-3H3. The molecule has 1 fully saturated rings. The van der Waals surface area contributed by atoms with Gasteiger partial charge in [0, 0.05) is 19.1 Å². The van der Waals surface area contributed by atoms with Crippen LogP contribution >= 0.6 is 11.6 Å². The van der Waals surface area contributed by atoms with E-state index in [-0.39, 0.29) is 28.4 Å². The molecule has 6 nitrogen and oxygen atoms in total. The predicted molar refractivity (Wildman–Crippen MR) is 107 cm³/mol. The highest BCUT2D eigenvalue weighted by Gasteiger charge is 2.35. The molecular weight excluding hydrogens is 388 g/mol. The molecule has 1 aliphatic rings. The number of hydrogen-bond donors (Lipinski definition) is 0. The molecule has 0 radical (unpaired) electrons. The first-order chi connectivity index (χ1) is 12.8. The van der Waals surface area contributed by atoms with Gasteiger partial charge in [-0.3, -0.25) is 4.79 Å². The fraction of sp³-hybridized carbons (Fsp3) is 0.632. The van der Waals surface area contributed by atoms with Crippen molar-refractivity contribution in [2.45, 2.75) is 56.9 Å². The maximum Gasteiger partial charge on any atom is 0.243 e. The summed E-state index contributed by atoms with van der Waals surface area (Å²) in [5, 5.41) is 0.234. The van der Waals surface area contributed by atoms with Gasteiger partial charge in [-0.25, -0.2) is 8.42 Å². The predicted octanol–water partition coefficient (Wildman–Crippen LogP) is 3.54. The third-order valence-corrected chi connectivity index (χ3v) is 7.31. The average Bonchev–Trinajstić information content (AvgIpc) is 2.67. The Morgan fingerprint density at radius 2 is 1.81 bits per heavy atom. The molecule has 0 atom stereocenters. The molecule has 1 aliphatic carbocycles. The van der Waals surface area contributed by atoms with Crippen LogP contribution in [0.4, 0.5) is 0 Å². The zero-order valence-electron chi connectivity index (χ0n) is 16.3. The summed E-state index contributed by atoms with van der Waals surface area (Å²) in [4.78, 5) is 14.4. The van der Waals surface area contributed by atoms with Gasteiger partial charge in [0.1, 0.15) is 5.75 Å². The van der Waals surface area contributed by atoms with Gasteiger partial charge in [-0.2, -0.15) is 4.31 Å². The molecule has 0 aromatic heterocycles. The number of carbonyl (C=O) groups excluding carboxylic acids is 1. The zero-order chi connectivity index (χ0) is 20.0. The van der Waals surface area contributed by atoms with Crippen molar-refractivity contribution < 1.29 is 17.9 Å². The minimum atomic E-state index is -3.85. The van der Waals surface area contributed by atoms with Gasteiger partial charge in [-0.05, 0) is 44.9 Å². The van der Waals surface area contributed by atoms with Crippen LogP contribution < -0.4 is 4.74 Å². The van der Waals surface area contributed by atoms with Crippen LogP contribution in [0.3, 0.4) is 0 Å². The molecule has 2 rings (SSSR count). The number of rotatable bonds is 8. The van der Waals surface area contributed by atoms with Gasteiger partial charge in [0.05, 0.1) is 23.6 Å². The number of nitrogens with zero attached hydrogens (tertiary/aromatic N) is 2.